The minimum Gasteiger partial charge on any atom is -0.491 e. The number of benzene rings is 2. The van der Waals surface area contributed by atoms with Gasteiger partial charge in [0.2, 0.25) is 0 Å². The van der Waals surface area contributed by atoms with Gasteiger partial charge < -0.3 is 37.9 Å². The Labute approximate surface area is 270 Å². The van der Waals surface area contributed by atoms with E-state index in [0.717, 1.165) is 18.5 Å². The number of rotatable bonds is 32. The van der Waals surface area contributed by atoms with Crippen molar-refractivity contribution in [2.45, 2.75) is 58.3 Å². The van der Waals surface area contributed by atoms with Crippen molar-refractivity contribution in [1.29, 1.82) is 0 Å². The van der Waals surface area contributed by atoms with Crippen molar-refractivity contribution in [1.82, 2.24) is 0 Å². The Morgan fingerprint density at radius 2 is 0.800 bits per heavy atom. The molecule has 254 valence electrons. The number of carbonyl (C=O) groups excluding carboxylic acids is 1. The molecule has 45 heavy (non-hydrogen) atoms. The van der Waals surface area contributed by atoms with Gasteiger partial charge in [0.1, 0.15) is 31.0 Å². The number of aldehydes is 1. The molecule has 0 saturated carbocycles. The van der Waals surface area contributed by atoms with Gasteiger partial charge in [-0.25, -0.2) is 0 Å². The average molecular weight is 633 g/mol. The summed E-state index contributed by atoms with van der Waals surface area (Å²) < 4.78 is 44.4. The molecule has 0 atom stereocenters. The Hall–Kier alpha value is -2.53. The Kier molecular flexibility index (Phi) is 24.8. The molecular weight excluding hydrogens is 576 g/mol. The monoisotopic (exact) mass is 632 g/mol. The van der Waals surface area contributed by atoms with Crippen LogP contribution in [0.25, 0.3) is 0 Å². The number of unbranched alkanes of at least 4 members (excludes halogenated alkanes) is 6. The lowest BCUT2D eigenvalue weighted by Gasteiger charge is -2.09. The maximum Gasteiger partial charge on any atom is 0.150 e. The van der Waals surface area contributed by atoms with E-state index in [1.165, 1.54) is 50.5 Å². The van der Waals surface area contributed by atoms with Gasteiger partial charge in [0.05, 0.1) is 79.3 Å². The fraction of sp³-hybridized carbons (Fsp3) is 0.639. The highest BCUT2D eigenvalue weighted by Gasteiger charge is 1.99. The van der Waals surface area contributed by atoms with E-state index in [2.05, 4.69) is 31.2 Å². The van der Waals surface area contributed by atoms with Gasteiger partial charge in [0.25, 0.3) is 0 Å². The van der Waals surface area contributed by atoms with Crippen LogP contribution in [0.15, 0.2) is 48.5 Å². The molecule has 0 amide bonds. The predicted octanol–water partition coefficient (Wildman–Crippen LogP) is 6.35. The summed E-state index contributed by atoms with van der Waals surface area (Å²) in [7, 11) is 0. The number of hydrogen-bond acceptors (Lipinski definition) is 9. The summed E-state index contributed by atoms with van der Waals surface area (Å²) >= 11 is 0. The van der Waals surface area contributed by atoms with E-state index in [1.807, 2.05) is 0 Å². The van der Waals surface area contributed by atoms with Gasteiger partial charge >= 0.3 is 0 Å². The number of aryl methyl sites for hydroxylation is 1. The summed E-state index contributed by atoms with van der Waals surface area (Å²) in [5.41, 5.74) is 2.00. The summed E-state index contributed by atoms with van der Waals surface area (Å²) in [6.45, 7) is 9.32. The van der Waals surface area contributed by atoms with Crippen LogP contribution in [-0.2, 0) is 34.8 Å². The van der Waals surface area contributed by atoms with Crippen molar-refractivity contribution in [3.63, 3.8) is 0 Å². The van der Waals surface area contributed by atoms with Gasteiger partial charge in [-0.05, 0) is 54.8 Å². The molecule has 0 aliphatic carbocycles. The van der Waals surface area contributed by atoms with Gasteiger partial charge in [0, 0.05) is 5.56 Å². The number of carbonyl (C=O) groups is 1. The van der Waals surface area contributed by atoms with E-state index in [1.54, 1.807) is 24.3 Å². The topological polar surface area (TPSA) is 90.9 Å². The minimum atomic E-state index is 0.438. The van der Waals surface area contributed by atoms with Crippen molar-refractivity contribution in [2.24, 2.45) is 0 Å². The Bertz CT molecular complexity index is 921. The summed E-state index contributed by atoms with van der Waals surface area (Å²) in [5.74, 6) is 1.60. The Balaban J connectivity index is 1.24. The third kappa shape index (κ3) is 22.6. The fourth-order valence-electron chi connectivity index (χ4n) is 4.32. The number of hydrogen-bond donors (Lipinski definition) is 0. The van der Waals surface area contributed by atoms with Crippen molar-refractivity contribution < 1.29 is 42.7 Å². The van der Waals surface area contributed by atoms with Crippen LogP contribution in [0.1, 0.15) is 67.8 Å². The third-order valence-electron chi connectivity index (χ3n) is 6.86. The highest BCUT2D eigenvalue weighted by atomic mass is 16.6. The van der Waals surface area contributed by atoms with Crippen LogP contribution in [0.3, 0.4) is 0 Å². The van der Waals surface area contributed by atoms with E-state index in [-0.39, 0.29) is 0 Å². The normalized spacial score (nSPS) is 11.1. The van der Waals surface area contributed by atoms with E-state index >= 15 is 0 Å². The molecule has 0 aliphatic rings. The molecule has 0 radical (unpaired) electrons. The number of ether oxygens (including phenoxy) is 8. The van der Waals surface area contributed by atoms with Crippen LogP contribution >= 0.6 is 0 Å². The third-order valence-corrected chi connectivity index (χ3v) is 6.86. The molecule has 2 rings (SSSR count). The molecule has 2 aromatic carbocycles. The van der Waals surface area contributed by atoms with Crippen molar-refractivity contribution in [3.8, 4) is 11.5 Å². The van der Waals surface area contributed by atoms with Crippen molar-refractivity contribution in [2.75, 3.05) is 92.5 Å². The maximum atomic E-state index is 10.6. The first-order chi connectivity index (χ1) is 22.3. The second-order valence-corrected chi connectivity index (χ2v) is 10.6. The van der Waals surface area contributed by atoms with Gasteiger partial charge in [-0.3, -0.25) is 4.79 Å². The molecule has 0 aromatic heterocycles. The second kappa shape index (κ2) is 28.9. The standard InChI is InChI=1S/C36H56O9/c1-2-3-4-5-6-7-8-9-33-10-14-35(15-11-33)44-30-28-42-26-24-40-22-20-38-18-19-39-21-23-41-25-27-43-29-31-45-36-16-12-34(32-37)13-17-36/h10-17,32H,2-9,18-31H2,1H3. The highest BCUT2D eigenvalue weighted by Crippen LogP contribution is 2.15. The van der Waals surface area contributed by atoms with Gasteiger partial charge in [-0.1, -0.05) is 57.6 Å². The minimum absolute atomic E-state index is 0.438. The van der Waals surface area contributed by atoms with E-state index < -0.39 is 0 Å². The molecule has 0 aliphatic heterocycles. The molecule has 0 heterocycles. The summed E-state index contributed by atoms with van der Waals surface area (Å²) in [6.07, 6.45) is 11.3. The fourth-order valence-corrected chi connectivity index (χ4v) is 4.32. The zero-order valence-electron chi connectivity index (χ0n) is 27.4. The van der Waals surface area contributed by atoms with E-state index in [0.29, 0.717) is 104 Å². The maximum absolute atomic E-state index is 10.6. The molecule has 0 unspecified atom stereocenters. The van der Waals surface area contributed by atoms with E-state index in [9.17, 15) is 4.79 Å². The van der Waals surface area contributed by atoms with Crippen LogP contribution < -0.4 is 9.47 Å². The molecule has 0 fully saturated rings. The quantitative estimate of drug-likeness (QED) is 0.0676. The predicted molar refractivity (Wildman–Crippen MR) is 176 cm³/mol. The summed E-state index contributed by atoms with van der Waals surface area (Å²) in [5, 5.41) is 0. The lowest BCUT2D eigenvalue weighted by Crippen LogP contribution is -2.15. The van der Waals surface area contributed by atoms with Crippen LogP contribution in [-0.4, -0.2) is 98.8 Å². The molecule has 9 heteroatoms. The SMILES string of the molecule is CCCCCCCCCc1ccc(OCCOCCOCCOCCOCCOCCOCCOc2ccc(C=O)cc2)cc1. The molecule has 0 N–H and O–H groups in total. The summed E-state index contributed by atoms with van der Waals surface area (Å²) in [6, 6.07) is 15.4. The zero-order valence-corrected chi connectivity index (χ0v) is 27.4. The second-order valence-electron chi connectivity index (χ2n) is 10.6. The zero-order chi connectivity index (χ0) is 31.9. The van der Waals surface area contributed by atoms with E-state index in [4.69, 9.17) is 37.9 Å². The largest absolute Gasteiger partial charge is 0.491 e. The van der Waals surface area contributed by atoms with Gasteiger partial charge in [-0.15, -0.1) is 0 Å². The van der Waals surface area contributed by atoms with Gasteiger partial charge in [0.15, 0.2) is 0 Å². The smallest absolute Gasteiger partial charge is 0.150 e. The van der Waals surface area contributed by atoms with Crippen LogP contribution in [0.4, 0.5) is 0 Å². The lowest BCUT2D eigenvalue weighted by atomic mass is 10.0. The summed E-state index contributed by atoms with van der Waals surface area (Å²) in [4.78, 5) is 10.6. The highest BCUT2D eigenvalue weighted by molar-refractivity contribution is 5.74. The van der Waals surface area contributed by atoms with Crippen LogP contribution in [0.2, 0.25) is 0 Å². The average Bonchev–Trinajstić information content (AvgIpc) is 3.07. The lowest BCUT2D eigenvalue weighted by molar-refractivity contribution is -0.0187. The van der Waals surface area contributed by atoms with Crippen LogP contribution in [0.5, 0.6) is 11.5 Å². The first-order valence-corrected chi connectivity index (χ1v) is 16.7. The first kappa shape index (κ1) is 38.7. The molecule has 0 saturated heterocycles. The molecule has 2 aromatic rings. The molecule has 9 nitrogen and oxygen atoms in total. The first-order valence-electron chi connectivity index (χ1n) is 16.7. The molecule has 0 spiro atoms. The molecular formula is C36H56O9. The molecule has 0 bridgehead atoms. The Morgan fingerprint density at radius 3 is 1.20 bits per heavy atom. The van der Waals surface area contributed by atoms with Crippen molar-refractivity contribution in [3.05, 3.63) is 59.7 Å². The van der Waals surface area contributed by atoms with Gasteiger partial charge in [-0.2, -0.15) is 0 Å². The Morgan fingerprint density at radius 1 is 0.444 bits per heavy atom. The van der Waals surface area contributed by atoms with Crippen LogP contribution in [0, 0.1) is 0 Å². The van der Waals surface area contributed by atoms with Crippen molar-refractivity contribution >= 4 is 6.29 Å².